The maximum atomic E-state index is 2.53. The second-order valence-electron chi connectivity index (χ2n) is 14.6. The van der Waals surface area contributed by atoms with Gasteiger partial charge in [-0.15, -0.1) is 0 Å². The summed E-state index contributed by atoms with van der Waals surface area (Å²) < 4.78 is 2.53. The van der Waals surface area contributed by atoms with Gasteiger partial charge in [0.1, 0.15) is 0 Å². The molecule has 0 fully saturated rings. The Morgan fingerprint density at radius 3 is 1.21 bits per heavy atom. The maximum Gasteiger partial charge on any atom is 0.0627 e. The Labute approximate surface area is 309 Å². The molecule has 0 bridgehead atoms. The van der Waals surface area contributed by atoms with Crippen LogP contribution >= 0.6 is 0 Å². The SMILES string of the molecule is Cc1ccc(N(c2ccc(C)cc2)c2ccc3c4cc5ccccc5c5c6ccc(N(c7ccc(C)cc7)c7ccc(C)cc7)cc6n(c3c2)c45)cc1. The van der Waals surface area contributed by atoms with E-state index in [0.717, 1.165) is 34.1 Å². The van der Waals surface area contributed by atoms with E-state index in [2.05, 4.69) is 206 Å². The number of aryl methyl sites for hydroxylation is 4. The number of benzene rings is 8. The average Bonchev–Trinajstić information content (AvgIpc) is 3.69. The Balaban J connectivity index is 1.28. The molecule has 2 heterocycles. The molecule has 0 spiro atoms. The highest BCUT2D eigenvalue weighted by Gasteiger charge is 2.23. The number of fused-ring (bicyclic) bond motifs is 8. The van der Waals surface area contributed by atoms with Crippen LogP contribution in [0.1, 0.15) is 22.3 Å². The van der Waals surface area contributed by atoms with Crippen LogP contribution in [0.3, 0.4) is 0 Å². The molecule has 53 heavy (non-hydrogen) atoms. The van der Waals surface area contributed by atoms with E-state index in [1.807, 2.05) is 0 Å². The van der Waals surface area contributed by atoms with Gasteiger partial charge in [0.15, 0.2) is 0 Å². The quantitative estimate of drug-likeness (QED) is 0.173. The van der Waals surface area contributed by atoms with Gasteiger partial charge < -0.3 is 14.2 Å². The Bertz CT molecular complexity index is 2860. The summed E-state index contributed by atoms with van der Waals surface area (Å²) in [7, 11) is 0. The molecule has 254 valence electrons. The summed E-state index contributed by atoms with van der Waals surface area (Å²) in [6.45, 7) is 8.58. The summed E-state index contributed by atoms with van der Waals surface area (Å²) in [5.41, 5.74) is 15.5. The van der Waals surface area contributed by atoms with Gasteiger partial charge in [-0.25, -0.2) is 0 Å². The minimum absolute atomic E-state index is 1.13. The van der Waals surface area contributed by atoms with Crippen LogP contribution in [0.4, 0.5) is 34.1 Å². The first-order valence-corrected chi connectivity index (χ1v) is 18.4. The van der Waals surface area contributed by atoms with Gasteiger partial charge in [0.05, 0.1) is 16.6 Å². The summed E-state index contributed by atoms with van der Waals surface area (Å²) in [4.78, 5) is 4.76. The summed E-state index contributed by atoms with van der Waals surface area (Å²) in [5.74, 6) is 0. The monoisotopic (exact) mass is 681 g/mol. The van der Waals surface area contributed by atoms with Gasteiger partial charge in [0.2, 0.25) is 0 Å². The van der Waals surface area contributed by atoms with Gasteiger partial charge in [0, 0.05) is 55.7 Å². The zero-order chi connectivity index (χ0) is 35.8. The van der Waals surface area contributed by atoms with Crippen molar-refractivity contribution in [1.82, 2.24) is 4.40 Å². The molecule has 0 atom stereocenters. The normalized spacial score (nSPS) is 11.8. The topological polar surface area (TPSA) is 10.9 Å². The lowest BCUT2D eigenvalue weighted by molar-refractivity contribution is 1.26. The second kappa shape index (κ2) is 12.0. The van der Waals surface area contributed by atoms with Crippen molar-refractivity contribution in [3.05, 3.63) is 186 Å². The third kappa shape index (κ3) is 5.03. The molecule has 0 unspecified atom stereocenters. The molecule has 0 aliphatic rings. The highest BCUT2D eigenvalue weighted by molar-refractivity contribution is 6.31. The van der Waals surface area contributed by atoms with Crippen LogP contribution in [0.25, 0.3) is 48.9 Å². The third-order valence-electron chi connectivity index (χ3n) is 10.9. The van der Waals surface area contributed by atoms with Gasteiger partial charge in [-0.3, -0.25) is 0 Å². The Hall–Kier alpha value is -6.58. The van der Waals surface area contributed by atoms with Gasteiger partial charge in [-0.05, 0) is 117 Å². The predicted molar refractivity (Wildman–Crippen MR) is 227 cm³/mol. The van der Waals surface area contributed by atoms with Crippen molar-refractivity contribution in [2.45, 2.75) is 27.7 Å². The van der Waals surface area contributed by atoms with E-state index >= 15 is 0 Å². The number of hydrogen-bond acceptors (Lipinski definition) is 2. The molecular formula is C50H39N3. The molecule has 0 aliphatic heterocycles. The highest BCUT2D eigenvalue weighted by atomic mass is 15.1. The van der Waals surface area contributed by atoms with Crippen LogP contribution in [-0.2, 0) is 0 Å². The van der Waals surface area contributed by atoms with Crippen LogP contribution in [0.2, 0.25) is 0 Å². The van der Waals surface area contributed by atoms with Crippen molar-refractivity contribution in [1.29, 1.82) is 0 Å². The number of aromatic nitrogens is 1. The summed E-state index contributed by atoms with van der Waals surface area (Å²) >= 11 is 0. The standard InChI is InChI=1S/C50H39N3/c1-32-9-17-37(18-10-32)51(38-19-11-33(2)12-20-38)41-25-27-44-46-29-36-7-5-6-8-43(36)49-45-28-26-42(31-48(45)53(50(46)49)47(44)30-41)52(39-21-13-34(3)14-22-39)40-23-15-35(4)16-24-40/h5-31H,1-4H3. The van der Waals surface area contributed by atoms with Crippen molar-refractivity contribution >= 4 is 83.0 Å². The molecule has 10 aromatic rings. The van der Waals surface area contributed by atoms with Crippen LogP contribution < -0.4 is 9.80 Å². The largest absolute Gasteiger partial charge is 0.310 e. The van der Waals surface area contributed by atoms with Gasteiger partial charge in [-0.2, -0.15) is 0 Å². The fraction of sp³-hybridized carbons (Fsp3) is 0.0800. The van der Waals surface area contributed by atoms with Crippen molar-refractivity contribution in [2.24, 2.45) is 0 Å². The van der Waals surface area contributed by atoms with Crippen molar-refractivity contribution in [3.63, 3.8) is 0 Å². The van der Waals surface area contributed by atoms with Crippen molar-refractivity contribution < 1.29 is 0 Å². The Morgan fingerprint density at radius 2 is 0.736 bits per heavy atom. The Kier molecular flexibility index (Phi) is 7.06. The third-order valence-corrected chi connectivity index (χ3v) is 10.9. The van der Waals surface area contributed by atoms with Crippen LogP contribution in [0, 0.1) is 27.7 Å². The minimum Gasteiger partial charge on any atom is -0.310 e. The lowest BCUT2D eigenvalue weighted by atomic mass is 10.00. The van der Waals surface area contributed by atoms with Crippen LogP contribution in [0.5, 0.6) is 0 Å². The molecule has 0 saturated carbocycles. The highest BCUT2D eigenvalue weighted by Crippen LogP contribution is 2.47. The van der Waals surface area contributed by atoms with E-state index < -0.39 is 0 Å². The molecule has 0 aliphatic carbocycles. The molecule has 10 rings (SSSR count). The van der Waals surface area contributed by atoms with Crippen molar-refractivity contribution in [3.8, 4) is 0 Å². The molecule has 0 saturated heterocycles. The van der Waals surface area contributed by atoms with E-state index in [0.29, 0.717) is 0 Å². The fourth-order valence-corrected chi connectivity index (χ4v) is 8.21. The number of nitrogens with zero attached hydrogens (tertiary/aromatic N) is 3. The molecular weight excluding hydrogens is 643 g/mol. The lowest BCUT2D eigenvalue weighted by Gasteiger charge is -2.26. The number of rotatable bonds is 6. The van der Waals surface area contributed by atoms with E-state index in [9.17, 15) is 0 Å². The predicted octanol–water partition coefficient (Wildman–Crippen LogP) is 14.2. The van der Waals surface area contributed by atoms with Gasteiger partial charge in [-0.1, -0.05) is 107 Å². The Morgan fingerprint density at radius 1 is 0.340 bits per heavy atom. The second-order valence-corrected chi connectivity index (χ2v) is 14.6. The first-order valence-electron chi connectivity index (χ1n) is 18.4. The average molecular weight is 682 g/mol. The zero-order valence-corrected chi connectivity index (χ0v) is 30.4. The first-order chi connectivity index (χ1) is 25.9. The smallest absolute Gasteiger partial charge is 0.0627 e. The van der Waals surface area contributed by atoms with Crippen LogP contribution in [0.15, 0.2) is 164 Å². The summed E-state index contributed by atoms with van der Waals surface area (Å²) in [5, 5.41) is 7.66. The van der Waals surface area contributed by atoms with E-state index in [-0.39, 0.29) is 0 Å². The molecule has 0 amide bonds. The zero-order valence-electron chi connectivity index (χ0n) is 30.4. The van der Waals surface area contributed by atoms with Crippen LogP contribution in [-0.4, -0.2) is 4.40 Å². The fourth-order valence-electron chi connectivity index (χ4n) is 8.21. The van der Waals surface area contributed by atoms with Gasteiger partial charge >= 0.3 is 0 Å². The number of hydrogen-bond donors (Lipinski definition) is 0. The minimum atomic E-state index is 1.13. The number of anilines is 6. The molecule has 0 N–H and O–H groups in total. The first kappa shape index (κ1) is 31.2. The lowest BCUT2D eigenvalue weighted by Crippen LogP contribution is -2.10. The van der Waals surface area contributed by atoms with Crippen molar-refractivity contribution in [2.75, 3.05) is 9.80 Å². The maximum absolute atomic E-state index is 2.53. The summed E-state index contributed by atoms with van der Waals surface area (Å²) in [6.07, 6.45) is 0. The summed E-state index contributed by atoms with van der Waals surface area (Å²) in [6, 6.07) is 60.7. The van der Waals surface area contributed by atoms with Gasteiger partial charge in [0.25, 0.3) is 0 Å². The molecule has 2 aromatic heterocycles. The van der Waals surface area contributed by atoms with E-state index in [1.165, 1.54) is 71.1 Å². The van der Waals surface area contributed by atoms with E-state index in [4.69, 9.17) is 0 Å². The molecule has 0 radical (unpaired) electrons. The molecule has 3 heteroatoms. The van der Waals surface area contributed by atoms with E-state index in [1.54, 1.807) is 0 Å². The molecule has 3 nitrogen and oxygen atoms in total. The molecule has 8 aromatic carbocycles.